The average molecular weight is 486 g/mol. The van der Waals surface area contributed by atoms with Gasteiger partial charge >= 0.3 is 6.18 Å². The number of aromatic amines is 1. The Hall–Kier alpha value is -3.64. The molecule has 6 rings (SSSR count). The molecule has 0 amide bonds. The molecule has 0 saturated carbocycles. The number of benzene rings is 2. The Morgan fingerprint density at radius 3 is 2.50 bits per heavy atom. The van der Waals surface area contributed by atoms with E-state index < -0.39 is 11.7 Å². The van der Waals surface area contributed by atoms with Crippen molar-refractivity contribution in [2.45, 2.75) is 31.0 Å². The van der Waals surface area contributed by atoms with Crippen LogP contribution in [0.1, 0.15) is 35.4 Å². The topological polar surface area (TPSA) is 31.9 Å². The van der Waals surface area contributed by atoms with Crippen molar-refractivity contribution in [2.75, 3.05) is 13.1 Å². The van der Waals surface area contributed by atoms with Crippen molar-refractivity contribution in [3.63, 3.8) is 0 Å². The Balaban J connectivity index is 1.40. The van der Waals surface area contributed by atoms with Crippen LogP contribution in [-0.4, -0.2) is 34.0 Å². The van der Waals surface area contributed by atoms with Crippen LogP contribution in [0, 0.1) is 0 Å². The number of nitrogens with one attached hydrogen (secondary N) is 1. The van der Waals surface area contributed by atoms with Crippen LogP contribution in [-0.2, 0) is 6.18 Å². The summed E-state index contributed by atoms with van der Waals surface area (Å²) in [5, 5.41) is 0. The predicted molar refractivity (Wildman–Crippen MR) is 136 cm³/mol. The predicted octanol–water partition coefficient (Wildman–Crippen LogP) is 7.41. The van der Waals surface area contributed by atoms with Crippen molar-refractivity contribution in [2.24, 2.45) is 0 Å². The van der Waals surface area contributed by atoms with Crippen molar-refractivity contribution >= 4 is 5.57 Å². The molecule has 0 bridgehead atoms. The fraction of sp³-hybridized carbons (Fsp3) is 0.233. The lowest BCUT2D eigenvalue weighted by Gasteiger charge is -2.28. The molecule has 36 heavy (non-hydrogen) atoms. The summed E-state index contributed by atoms with van der Waals surface area (Å²) in [6, 6.07) is 20.4. The van der Waals surface area contributed by atoms with E-state index in [0.717, 1.165) is 48.7 Å². The van der Waals surface area contributed by atoms with Crippen LogP contribution in [0.4, 0.5) is 13.2 Å². The number of hydrogen-bond acceptors (Lipinski definition) is 2. The van der Waals surface area contributed by atoms with Crippen LogP contribution < -0.4 is 0 Å². The molecule has 1 N–H and O–H groups in total. The number of pyridine rings is 1. The minimum atomic E-state index is -4.39. The van der Waals surface area contributed by atoms with Gasteiger partial charge in [-0.25, -0.2) is 0 Å². The van der Waals surface area contributed by atoms with Crippen molar-refractivity contribution < 1.29 is 13.2 Å². The van der Waals surface area contributed by atoms with Crippen LogP contribution in [0.25, 0.3) is 28.0 Å². The summed E-state index contributed by atoms with van der Waals surface area (Å²) < 4.78 is 40.3. The fourth-order valence-corrected chi connectivity index (χ4v) is 5.71. The lowest BCUT2D eigenvalue weighted by atomic mass is 9.89. The summed E-state index contributed by atoms with van der Waals surface area (Å²) in [5.41, 5.74) is 6.10. The van der Waals surface area contributed by atoms with E-state index in [4.69, 9.17) is 0 Å². The molecule has 4 aromatic rings. The molecule has 0 aliphatic carbocycles. The lowest BCUT2D eigenvalue weighted by Crippen LogP contribution is -2.32. The van der Waals surface area contributed by atoms with Gasteiger partial charge in [-0.15, -0.1) is 0 Å². The number of nitrogens with zero attached hydrogens (tertiary/aromatic N) is 2. The number of alkyl halides is 3. The quantitative estimate of drug-likeness (QED) is 0.326. The molecule has 2 aliphatic rings. The maximum Gasteiger partial charge on any atom is 0.416 e. The van der Waals surface area contributed by atoms with E-state index in [2.05, 4.69) is 51.3 Å². The summed E-state index contributed by atoms with van der Waals surface area (Å²) >= 11 is 0. The standard InChI is InChI=1S/C30H26F3N3/c31-30(32,33)25-8-4-7-23(15-25)29-28(21-9-12-34-13-10-21)27(18-35-29)22-11-14-36-19-24(17-26(36)16-22)20-5-2-1-3-6-20/h1-10,12-13,15-16,18,24,26,35H,11,14,17,19H2. The second kappa shape index (κ2) is 9.10. The van der Waals surface area contributed by atoms with E-state index in [1.165, 1.54) is 23.3 Å². The Morgan fingerprint density at radius 1 is 0.917 bits per heavy atom. The van der Waals surface area contributed by atoms with E-state index in [1.807, 2.05) is 18.3 Å². The zero-order valence-electron chi connectivity index (χ0n) is 19.7. The molecule has 182 valence electrons. The molecule has 0 radical (unpaired) electrons. The number of halogens is 3. The maximum absolute atomic E-state index is 13.4. The van der Waals surface area contributed by atoms with Gasteiger partial charge in [0.2, 0.25) is 0 Å². The largest absolute Gasteiger partial charge is 0.416 e. The summed E-state index contributed by atoms with van der Waals surface area (Å²) in [6.45, 7) is 2.03. The first-order chi connectivity index (χ1) is 17.5. The van der Waals surface area contributed by atoms with E-state index >= 15 is 0 Å². The first-order valence-corrected chi connectivity index (χ1v) is 12.3. The highest BCUT2D eigenvalue weighted by Gasteiger charge is 2.35. The highest BCUT2D eigenvalue weighted by molar-refractivity contribution is 5.91. The highest BCUT2D eigenvalue weighted by Crippen LogP contribution is 2.43. The molecule has 0 spiro atoms. The Bertz CT molecular complexity index is 1390. The van der Waals surface area contributed by atoms with Crippen molar-refractivity contribution in [1.29, 1.82) is 0 Å². The number of aromatic nitrogens is 2. The molecular weight excluding hydrogens is 459 g/mol. The minimum absolute atomic E-state index is 0.358. The zero-order valence-corrected chi connectivity index (χ0v) is 19.7. The summed E-state index contributed by atoms with van der Waals surface area (Å²) in [5.74, 6) is 0.512. The van der Waals surface area contributed by atoms with Gasteiger partial charge in [0, 0.05) is 48.8 Å². The molecule has 2 aliphatic heterocycles. The van der Waals surface area contributed by atoms with Crippen molar-refractivity contribution in [1.82, 2.24) is 14.9 Å². The number of hydrogen-bond donors (Lipinski definition) is 1. The van der Waals surface area contributed by atoms with E-state index in [0.29, 0.717) is 23.2 Å². The first kappa shape index (κ1) is 22.8. The summed E-state index contributed by atoms with van der Waals surface area (Å²) in [6.07, 6.45) is 5.35. The molecule has 3 nitrogen and oxygen atoms in total. The van der Waals surface area contributed by atoms with Gasteiger partial charge in [0.1, 0.15) is 0 Å². The zero-order chi connectivity index (χ0) is 24.7. The lowest BCUT2D eigenvalue weighted by molar-refractivity contribution is -0.137. The second-order valence-corrected chi connectivity index (χ2v) is 9.61. The Labute approximate surface area is 208 Å². The van der Waals surface area contributed by atoms with Crippen LogP contribution in [0.3, 0.4) is 0 Å². The monoisotopic (exact) mass is 485 g/mol. The minimum Gasteiger partial charge on any atom is -0.360 e. The number of H-pyrrole nitrogens is 1. The fourth-order valence-electron chi connectivity index (χ4n) is 5.71. The molecule has 2 atom stereocenters. The van der Waals surface area contributed by atoms with Gasteiger partial charge in [-0.1, -0.05) is 48.5 Å². The molecule has 6 heteroatoms. The molecular formula is C30H26F3N3. The number of rotatable bonds is 4. The average Bonchev–Trinajstić information content (AvgIpc) is 3.54. The van der Waals surface area contributed by atoms with Gasteiger partial charge in [-0.3, -0.25) is 9.88 Å². The van der Waals surface area contributed by atoms with Crippen LogP contribution in [0.5, 0.6) is 0 Å². The van der Waals surface area contributed by atoms with Crippen molar-refractivity contribution in [3.05, 3.63) is 108 Å². The van der Waals surface area contributed by atoms with Gasteiger partial charge in [-0.2, -0.15) is 13.2 Å². The second-order valence-electron chi connectivity index (χ2n) is 9.61. The van der Waals surface area contributed by atoms with Gasteiger partial charge in [0.05, 0.1) is 11.3 Å². The van der Waals surface area contributed by atoms with Crippen molar-refractivity contribution in [3.8, 4) is 22.4 Å². The Morgan fingerprint density at radius 2 is 1.72 bits per heavy atom. The maximum atomic E-state index is 13.4. The molecule has 1 fully saturated rings. The normalized spacial score (nSPS) is 20.2. The van der Waals surface area contributed by atoms with E-state index in [9.17, 15) is 13.2 Å². The Kier molecular flexibility index (Phi) is 5.76. The molecule has 2 aromatic carbocycles. The van der Waals surface area contributed by atoms with Crippen LogP contribution in [0.2, 0.25) is 0 Å². The highest BCUT2D eigenvalue weighted by atomic mass is 19.4. The van der Waals surface area contributed by atoms with E-state index in [-0.39, 0.29) is 0 Å². The van der Waals surface area contributed by atoms with Gasteiger partial charge < -0.3 is 4.98 Å². The third-order valence-electron chi connectivity index (χ3n) is 7.46. The van der Waals surface area contributed by atoms with Gasteiger partial charge in [0.15, 0.2) is 0 Å². The third-order valence-corrected chi connectivity index (χ3v) is 7.46. The third kappa shape index (κ3) is 4.26. The first-order valence-electron chi connectivity index (χ1n) is 12.3. The van der Waals surface area contributed by atoms with Gasteiger partial charge in [0.25, 0.3) is 0 Å². The van der Waals surface area contributed by atoms with Crippen LogP contribution >= 0.6 is 0 Å². The smallest absolute Gasteiger partial charge is 0.360 e. The van der Waals surface area contributed by atoms with Crippen LogP contribution in [0.15, 0.2) is 91.4 Å². The number of fused-ring (bicyclic) bond motifs is 1. The van der Waals surface area contributed by atoms with Gasteiger partial charge in [-0.05, 0) is 65.3 Å². The van der Waals surface area contributed by atoms with E-state index in [1.54, 1.807) is 18.5 Å². The molecule has 2 unspecified atom stereocenters. The molecule has 1 saturated heterocycles. The molecule has 4 heterocycles. The SMILES string of the molecule is FC(F)(F)c1cccc(-c2[nH]cc(C3=CC4CC(c5ccccc5)CN4CC3)c2-c2ccncc2)c1. The summed E-state index contributed by atoms with van der Waals surface area (Å²) in [4.78, 5) is 10.0. The molecule has 2 aromatic heterocycles. The summed E-state index contributed by atoms with van der Waals surface area (Å²) in [7, 11) is 0.